The highest BCUT2D eigenvalue weighted by molar-refractivity contribution is 5.96. The average Bonchev–Trinajstić information content (AvgIpc) is 3.22. The van der Waals surface area contributed by atoms with Gasteiger partial charge in [-0.3, -0.25) is 4.79 Å². The van der Waals surface area contributed by atoms with Gasteiger partial charge in [0.1, 0.15) is 29.7 Å². The van der Waals surface area contributed by atoms with E-state index in [1.807, 2.05) is 0 Å². The number of esters is 1. The molecule has 0 atom stereocenters. The molecule has 1 aromatic carbocycles. The standard InChI is InChI=1S/C22H24N2O5/c1-2-27-21(26)22(12-6-3-7-13-22)24-20(25)19-11-10-17(29-19)15-28-18-9-5-4-8-16(18)14-23/h4-5,8-11H,2-3,6-7,12-13,15H2,1H3,(H,24,25). The molecule has 0 aliphatic heterocycles. The lowest BCUT2D eigenvalue weighted by atomic mass is 9.81. The molecule has 1 heterocycles. The first kappa shape index (κ1) is 20.5. The molecule has 0 bridgehead atoms. The second kappa shape index (κ2) is 9.28. The highest BCUT2D eigenvalue weighted by Gasteiger charge is 2.42. The van der Waals surface area contributed by atoms with Crippen LogP contribution >= 0.6 is 0 Å². The second-order valence-corrected chi connectivity index (χ2v) is 6.98. The Morgan fingerprint density at radius 1 is 1.17 bits per heavy atom. The van der Waals surface area contributed by atoms with Crippen LogP contribution in [0.2, 0.25) is 0 Å². The van der Waals surface area contributed by atoms with Crippen molar-refractivity contribution in [1.82, 2.24) is 5.32 Å². The van der Waals surface area contributed by atoms with Gasteiger partial charge in [-0.2, -0.15) is 5.26 Å². The van der Waals surface area contributed by atoms with E-state index in [0.29, 0.717) is 29.9 Å². The lowest BCUT2D eigenvalue weighted by Crippen LogP contribution is -2.56. The predicted octanol–water partition coefficient (Wildman–Crippen LogP) is 3.73. The topological polar surface area (TPSA) is 102 Å². The van der Waals surface area contributed by atoms with Crippen molar-refractivity contribution in [3.8, 4) is 11.8 Å². The first-order chi connectivity index (χ1) is 14.1. The number of carbonyl (C=O) groups is 2. The number of hydrogen-bond donors (Lipinski definition) is 1. The van der Waals surface area contributed by atoms with Crippen molar-refractivity contribution in [3.05, 3.63) is 53.5 Å². The third-order valence-electron chi connectivity index (χ3n) is 4.99. The van der Waals surface area contributed by atoms with E-state index in [9.17, 15) is 9.59 Å². The fraction of sp³-hybridized carbons (Fsp3) is 0.409. The zero-order chi connectivity index (χ0) is 20.7. The maximum absolute atomic E-state index is 12.7. The molecule has 1 N–H and O–H groups in total. The lowest BCUT2D eigenvalue weighted by molar-refractivity contribution is -0.152. The van der Waals surface area contributed by atoms with Crippen molar-refractivity contribution in [3.63, 3.8) is 0 Å². The van der Waals surface area contributed by atoms with Crippen molar-refractivity contribution in [2.75, 3.05) is 6.61 Å². The minimum atomic E-state index is -0.999. The van der Waals surface area contributed by atoms with Gasteiger partial charge in [-0.25, -0.2) is 4.79 Å². The summed E-state index contributed by atoms with van der Waals surface area (Å²) in [5.41, 5.74) is -0.578. The van der Waals surface area contributed by atoms with E-state index in [4.69, 9.17) is 19.2 Å². The van der Waals surface area contributed by atoms with Gasteiger partial charge in [0.05, 0.1) is 12.2 Å². The lowest BCUT2D eigenvalue weighted by Gasteiger charge is -2.35. The van der Waals surface area contributed by atoms with Crippen LogP contribution < -0.4 is 10.1 Å². The molecule has 7 heteroatoms. The maximum Gasteiger partial charge on any atom is 0.331 e. The number of ether oxygens (including phenoxy) is 2. The molecular weight excluding hydrogens is 372 g/mol. The molecule has 0 unspecified atom stereocenters. The summed E-state index contributed by atoms with van der Waals surface area (Å²) in [6, 6.07) is 12.1. The highest BCUT2D eigenvalue weighted by atomic mass is 16.5. The number of para-hydroxylation sites is 1. The van der Waals surface area contributed by atoms with Crippen molar-refractivity contribution in [1.29, 1.82) is 5.26 Å². The van der Waals surface area contributed by atoms with E-state index in [2.05, 4.69) is 11.4 Å². The van der Waals surface area contributed by atoms with Gasteiger partial charge in [0, 0.05) is 0 Å². The minimum absolute atomic E-state index is 0.0784. The monoisotopic (exact) mass is 396 g/mol. The molecule has 1 aromatic heterocycles. The average molecular weight is 396 g/mol. The number of furan rings is 1. The summed E-state index contributed by atoms with van der Waals surface area (Å²) >= 11 is 0. The van der Waals surface area contributed by atoms with Gasteiger partial charge in [0.15, 0.2) is 5.76 Å². The number of benzene rings is 1. The van der Waals surface area contributed by atoms with E-state index < -0.39 is 17.4 Å². The number of carbonyl (C=O) groups excluding carboxylic acids is 2. The molecule has 7 nitrogen and oxygen atoms in total. The Bertz CT molecular complexity index is 906. The fourth-order valence-corrected chi connectivity index (χ4v) is 3.49. The van der Waals surface area contributed by atoms with Crippen LogP contribution in [0.5, 0.6) is 5.75 Å². The number of nitrogens with zero attached hydrogens (tertiary/aromatic N) is 1. The summed E-state index contributed by atoms with van der Waals surface area (Å²) < 4.78 is 16.4. The molecule has 2 aromatic rings. The molecule has 1 amide bonds. The molecule has 152 valence electrons. The van der Waals surface area contributed by atoms with Crippen LogP contribution in [0.25, 0.3) is 0 Å². The van der Waals surface area contributed by atoms with Gasteiger partial charge >= 0.3 is 5.97 Å². The zero-order valence-corrected chi connectivity index (χ0v) is 16.4. The molecule has 1 saturated carbocycles. The Labute approximate surface area is 169 Å². The Morgan fingerprint density at radius 3 is 2.66 bits per heavy atom. The second-order valence-electron chi connectivity index (χ2n) is 6.98. The van der Waals surface area contributed by atoms with Crippen LogP contribution in [0.4, 0.5) is 0 Å². The third kappa shape index (κ3) is 4.77. The molecule has 0 radical (unpaired) electrons. The SMILES string of the molecule is CCOC(=O)C1(NC(=O)c2ccc(COc3ccccc3C#N)o2)CCCCC1. The van der Waals surface area contributed by atoms with Crippen LogP contribution in [0.15, 0.2) is 40.8 Å². The van der Waals surface area contributed by atoms with Crippen LogP contribution in [0.3, 0.4) is 0 Å². The van der Waals surface area contributed by atoms with Crippen LogP contribution in [-0.4, -0.2) is 24.0 Å². The molecule has 1 aliphatic rings. The molecule has 0 saturated heterocycles. The number of nitrogens with one attached hydrogen (secondary N) is 1. The molecule has 1 aliphatic carbocycles. The van der Waals surface area contributed by atoms with E-state index in [-0.39, 0.29) is 19.0 Å². The minimum Gasteiger partial charge on any atom is -0.484 e. The molecule has 0 spiro atoms. The zero-order valence-electron chi connectivity index (χ0n) is 16.4. The highest BCUT2D eigenvalue weighted by Crippen LogP contribution is 2.30. The van der Waals surface area contributed by atoms with E-state index in [1.165, 1.54) is 0 Å². The Morgan fingerprint density at radius 2 is 1.93 bits per heavy atom. The normalized spacial score (nSPS) is 15.2. The Kier molecular flexibility index (Phi) is 6.55. The van der Waals surface area contributed by atoms with Crippen molar-refractivity contribution < 1.29 is 23.5 Å². The van der Waals surface area contributed by atoms with Gasteiger partial charge in [-0.15, -0.1) is 0 Å². The van der Waals surface area contributed by atoms with Gasteiger partial charge in [-0.1, -0.05) is 31.4 Å². The summed E-state index contributed by atoms with van der Waals surface area (Å²) in [6.45, 7) is 2.09. The molecular formula is C22H24N2O5. The summed E-state index contributed by atoms with van der Waals surface area (Å²) in [6.07, 6.45) is 3.85. The summed E-state index contributed by atoms with van der Waals surface area (Å²) in [5.74, 6) is 0.143. The van der Waals surface area contributed by atoms with Gasteiger partial charge in [0.25, 0.3) is 5.91 Å². The van der Waals surface area contributed by atoms with Crippen LogP contribution in [-0.2, 0) is 16.1 Å². The van der Waals surface area contributed by atoms with Crippen LogP contribution in [0.1, 0.15) is 60.9 Å². The largest absolute Gasteiger partial charge is 0.484 e. The number of amides is 1. The first-order valence-corrected chi connectivity index (χ1v) is 9.78. The quantitative estimate of drug-likeness (QED) is 0.716. The molecule has 1 fully saturated rings. The third-order valence-corrected chi connectivity index (χ3v) is 4.99. The van der Waals surface area contributed by atoms with E-state index in [0.717, 1.165) is 19.3 Å². The smallest absolute Gasteiger partial charge is 0.331 e. The molecule has 3 rings (SSSR count). The van der Waals surface area contributed by atoms with Crippen LogP contribution in [0, 0.1) is 11.3 Å². The van der Waals surface area contributed by atoms with Gasteiger partial charge < -0.3 is 19.2 Å². The van der Waals surface area contributed by atoms with Crippen molar-refractivity contribution >= 4 is 11.9 Å². The fourth-order valence-electron chi connectivity index (χ4n) is 3.49. The summed E-state index contributed by atoms with van der Waals surface area (Å²) in [7, 11) is 0. The first-order valence-electron chi connectivity index (χ1n) is 9.78. The van der Waals surface area contributed by atoms with Crippen molar-refractivity contribution in [2.45, 2.75) is 51.2 Å². The summed E-state index contributed by atoms with van der Waals surface area (Å²) in [4.78, 5) is 25.2. The van der Waals surface area contributed by atoms with Gasteiger partial charge in [0.2, 0.25) is 0 Å². The molecule has 29 heavy (non-hydrogen) atoms. The van der Waals surface area contributed by atoms with Gasteiger partial charge in [-0.05, 0) is 44.0 Å². The van der Waals surface area contributed by atoms with Crippen molar-refractivity contribution in [2.24, 2.45) is 0 Å². The number of rotatable bonds is 7. The van der Waals surface area contributed by atoms with E-state index in [1.54, 1.807) is 43.3 Å². The number of hydrogen-bond acceptors (Lipinski definition) is 6. The number of nitriles is 1. The predicted molar refractivity (Wildman–Crippen MR) is 104 cm³/mol. The van der Waals surface area contributed by atoms with E-state index >= 15 is 0 Å². The Hall–Kier alpha value is -3.27. The summed E-state index contributed by atoms with van der Waals surface area (Å²) in [5, 5.41) is 12.0. The maximum atomic E-state index is 12.7. The Balaban J connectivity index is 1.66.